The second-order valence-corrected chi connectivity index (χ2v) is 11.3. The number of hydrogen-bond acceptors (Lipinski definition) is 9. The van der Waals surface area contributed by atoms with Gasteiger partial charge >= 0.3 is 5.97 Å². The van der Waals surface area contributed by atoms with E-state index in [9.17, 15) is 9.59 Å². The van der Waals surface area contributed by atoms with Crippen LogP contribution in [0.2, 0.25) is 0 Å². The number of carbonyl (C=O) groups excluding carboxylic acids is 1. The van der Waals surface area contributed by atoms with Crippen molar-refractivity contribution < 1.29 is 14.7 Å². The number of unbranched alkanes of at least 4 members (excludes halogenated alkanes) is 1. The molecule has 5 rings (SSSR count). The van der Waals surface area contributed by atoms with Gasteiger partial charge in [-0.1, -0.05) is 61.9 Å². The molecule has 2 aromatic heterocycles. The highest BCUT2D eigenvalue weighted by Crippen LogP contribution is 2.30. The summed E-state index contributed by atoms with van der Waals surface area (Å²) in [5.41, 5.74) is 12.6. The van der Waals surface area contributed by atoms with Gasteiger partial charge < -0.3 is 10.8 Å². The highest BCUT2D eigenvalue weighted by atomic mass is 16.4. The number of carboxylic acid groups (broad SMARTS) is 1. The summed E-state index contributed by atoms with van der Waals surface area (Å²) >= 11 is 0. The van der Waals surface area contributed by atoms with Crippen LogP contribution >= 0.6 is 0 Å². The van der Waals surface area contributed by atoms with Crippen LogP contribution in [0.5, 0.6) is 0 Å². The zero-order valence-corrected chi connectivity index (χ0v) is 25.0. The van der Waals surface area contributed by atoms with E-state index in [-0.39, 0.29) is 18.7 Å². The number of carbonyl (C=O) groups is 2. The van der Waals surface area contributed by atoms with Crippen LogP contribution in [-0.4, -0.2) is 76.5 Å². The van der Waals surface area contributed by atoms with Gasteiger partial charge in [-0.3, -0.25) is 15.0 Å². The molecule has 1 fully saturated rings. The average molecular weight is 601 g/mol. The summed E-state index contributed by atoms with van der Waals surface area (Å²) in [6.07, 6.45) is 5.87. The first-order valence-electron chi connectivity index (χ1n) is 15.3. The molecule has 13 nitrogen and oxygen atoms in total. The van der Waals surface area contributed by atoms with Gasteiger partial charge in [0.25, 0.3) is 0 Å². The van der Waals surface area contributed by atoms with Crippen molar-refractivity contribution in [3.05, 3.63) is 65.7 Å². The minimum Gasteiger partial charge on any atom is -0.480 e. The van der Waals surface area contributed by atoms with Crippen molar-refractivity contribution in [2.45, 2.75) is 70.9 Å². The molecule has 0 saturated carbocycles. The topological polar surface area (TPSA) is 181 Å². The zero-order chi connectivity index (χ0) is 30.9. The Morgan fingerprint density at radius 2 is 1.86 bits per heavy atom. The molecular formula is C31H40N10O3. The van der Waals surface area contributed by atoms with E-state index in [1.54, 1.807) is 0 Å². The molecule has 1 atom stereocenters. The van der Waals surface area contributed by atoms with Crippen LogP contribution in [0.25, 0.3) is 22.5 Å². The van der Waals surface area contributed by atoms with E-state index in [4.69, 9.17) is 20.9 Å². The van der Waals surface area contributed by atoms with Crippen LogP contribution in [0, 0.1) is 5.92 Å². The molecule has 0 bridgehead atoms. The van der Waals surface area contributed by atoms with Gasteiger partial charge in [-0.2, -0.15) is 10.3 Å². The largest absolute Gasteiger partial charge is 0.480 e. The maximum absolute atomic E-state index is 12.2. The van der Waals surface area contributed by atoms with Gasteiger partial charge in [0.15, 0.2) is 5.82 Å². The number of nitrogens with one attached hydrogen (secondary N) is 2. The van der Waals surface area contributed by atoms with Crippen LogP contribution in [0.3, 0.4) is 0 Å². The summed E-state index contributed by atoms with van der Waals surface area (Å²) < 4.78 is 2.05. The molecule has 232 valence electrons. The Kier molecular flexibility index (Phi) is 10.4. The molecule has 0 spiro atoms. The van der Waals surface area contributed by atoms with Crippen molar-refractivity contribution in [1.82, 2.24) is 45.8 Å². The van der Waals surface area contributed by atoms with E-state index in [2.05, 4.69) is 63.3 Å². The first kappa shape index (κ1) is 31.0. The Labute approximate surface area is 256 Å². The lowest BCUT2D eigenvalue weighted by atomic mass is 9.94. The number of H-pyrrole nitrogens is 1. The van der Waals surface area contributed by atoms with Gasteiger partial charge in [-0.05, 0) is 53.5 Å². The number of aryl methyl sites for hydroxylation is 1. The lowest BCUT2D eigenvalue weighted by Gasteiger charge is -2.31. The van der Waals surface area contributed by atoms with Crippen molar-refractivity contribution in [3.63, 3.8) is 0 Å². The SMILES string of the molecule is CCCCc1nc(CC2CCN(NC(=O)CCC(N)C(=O)O)CC2)nn1Cc1ccc(-c2ccccc2-c2nn[nH]n2)cc1. The standard InChI is InChI=1S/C31H40N10O3/c1-2-3-8-28-33-27(19-21-15-17-40(18-16-21)37-29(42)14-13-26(32)31(43)44)36-41(28)20-22-9-11-23(12-10-22)24-6-4-5-7-25(24)30-34-38-39-35-30/h4-7,9-12,21,26H,2-3,8,13-20,32H2,1H3,(H,37,42)(H,43,44)(H,34,35,38,39). The lowest BCUT2D eigenvalue weighted by Crippen LogP contribution is -2.47. The number of aromatic nitrogens is 7. The van der Waals surface area contributed by atoms with Crippen molar-refractivity contribution in [1.29, 1.82) is 0 Å². The summed E-state index contributed by atoms with van der Waals surface area (Å²) in [6, 6.07) is 15.5. The molecule has 5 N–H and O–H groups in total. The summed E-state index contributed by atoms with van der Waals surface area (Å²) in [6.45, 7) is 4.29. The van der Waals surface area contributed by atoms with E-state index in [0.717, 1.165) is 85.5 Å². The highest BCUT2D eigenvalue weighted by molar-refractivity contribution is 5.80. The Morgan fingerprint density at radius 1 is 1.11 bits per heavy atom. The molecular weight excluding hydrogens is 560 g/mol. The second kappa shape index (κ2) is 14.8. The average Bonchev–Trinajstić information content (AvgIpc) is 3.70. The van der Waals surface area contributed by atoms with Gasteiger partial charge in [0, 0.05) is 37.9 Å². The number of aromatic amines is 1. The third kappa shape index (κ3) is 8.11. The fourth-order valence-corrected chi connectivity index (χ4v) is 5.48. The Bertz CT molecular complexity index is 1510. The van der Waals surface area contributed by atoms with Crippen molar-refractivity contribution in [2.24, 2.45) is 11.7 Å². The van der Waals surface area contributed by atoms with Crippen molar-refractivity contribution >= 4 is 11.9 Å². The van der Waals surface area contributed by atoms with Gasteiger partial charge in [0.2, 0.25) is 11.7 Å². The summed E-state index contributed by atoms with van der Waals surface area (Å²) in [5.74, 6) is 1.57. The number of nitrogens with two attached hydrogens (primary N) is 1. The number of nitrogens with zero attached hydrogens (tertiary/aromatic N) is 7. The predicted octanol–water partition coefficient (Wildman–Crippen LogP) is 2.99. The molecule has 1 aliphatic heterocycles. The molecule has 1 amide bonds. The maximum atomic E-state index is 12.2. The quantitative estimate of drug-likeness (QED) is 0.168. The molecule has 13 heteroatoms. The van der Waals surface area contributed by atoms with Crippen LogP contribution in [-0.2, 0) is 29.0 Å². The van der Waals surface area contributed by atoms with E-state index in [0.29, 0.717) is 18.3 Å². The number of amides is 1. The lowest BCUT2D eigenvalue weighted by molar-refractivity contribution is -0.138. The van der Waals surface area contributed by atoms with Gasteiger partial charge in [0.1, 0.15) is 11.9 Å². The number of hydrazine groups is 1. The number of hydrogen-bond donors (Lipinski definition) is 4. The van der Waals surface area contributed by atoms with Crippen molar-refractivity contribution in [2.75, 3.05) is 13.1 Å². The van der Waals surface area contributed by atoms with Crippen LogP contribution in [0.4, 0.5) is 0 Å². The molecule has 1 aliphatic rings. The summed E-state index contributed by atoms with van der Waals surface area (Å²) in [5, 5.41) is 30.3. The Hall–Kier alpha value is -4.49. The maximum Gasteiger partial charge on any atom is 0.320 e. The monoisotopic (exact) mass is 600 g/mol. The number of carboxylic acids is 1. The van der Waals surface area contributed by atoms with Crippen LogP contribution in [0.1, 0.15) is 62.7 Å². The number of piperidine rings is 1. The smallest absolute Gasteiger partial charge is 0.320 e. The molecule has 4 aromatic rings. The van der Waals surface area contributed by atoms with Gasteiger partial charge in [-0.15, -0.1) is 10.2 Å². The van der Waals surface area contributed by atoms with Crippen LogP contribution < -0.4 is 11.2 Å². The first-order chi connectivity index (χ1) is 21.4. The van der Waals surface area contributed by atoms with Gasteiger partial charge in [0.05, 0.1) is 6.54 Å². The molecule has 1 unspecified atom stereocenters. The molecule has 0 aliphatic carbocycles. The third-order valence-electron chi connectivity index (χ3n) is 8.02. The van der Waals surface area contributed by atoms with Crippen molar-refractivity contribution in [3.8, 4) is 22.5 Å². The summed E-state index contributed by atoms with van der Waals surface area (Å²) in [7, 11) is 0. The minimum atomic E-state index is -1.09. The molecule has 0 radical (unpaired) electrons. The Balaban J connectivity index is 1.18. The second-order valence-electron chi connectivity index (χ2n) is 11.3. The summed E-state index contributed by atoms with van der Waals surface area (Å²) in [4.78, 5) is 28.0. The van der Waals surface area contributed by atoms with Gasteiger partial charge in [-0.25, -0.2) is 14.7 Å². The van der Waals surface area contributed by atoms with E-state index in [1.165, 1.54) is 0 Å². The normalized spacial score (nSPS) is 14.9. The fraction of sp³-hybridized carbons (Fsp3) is 0.452. The zero-order valence-electron chi connectivity index (χ0n) is 25.0. The first-order valence-corrected chi connectivity index (χ1v) is 15.3. The third-order valence-corrected chi connectivity index (χ3v) is 8.02. The Morgan fingerprint density at radius 3 is 2.55 bits per heavy atom. The molecule has 2 aromatic carbocycles. The number of tetrazole rings is 1. The number of aliphatic carboxylic acids is 1. The van der Waals surface area contributed by atoms with E-state index >= 15 is 0 Å². The number of rotatable bonds is 14. The molecule has 3 heterocycles. The molecule has 44 heavy (non-hydrogen) atoms. The van der Waals surface area contributed by atoms with E-state index in [1.807, 2.05) is 27.9 Å². The highest BCUT2D eigenvalue weighted by Gasteiger charge is 2.23. The fourth-order valence-electron chi connectivity index (χ4n) is 5.48. The van der Waals surface area contributed by atoms with E-state index < -0.39 is 12.0 Å². The molecule has 1 saturated heterocycles. The number of benzene rings is 2. The minimum absolute atomic E-state index is 0.0889. The predicted molar refractivity (Wildman–Crippen MR) is 164 cm³/mol. The van der Waals surface area contributed by atoms with Crippen LogP contribution in [0.15, 0.2) is 48.5 Å².